The topological polar surface area (TPSA) is 81.6 Å². The number of aromatic nitrogens is 3. The molecule has 1 N–H and O–H groups in total. The molecule has 3 aromatic rings. The van der Waals surface area contributed by atoms with Gasteiger partial charge in [-0.1, -0.05) is 32.4 Å². The molecule has 39 heavy (non-hydrogen) atoms. The Labute approximate surface area is 236 Å². The van der Waals surface area contributed by atoms with Crippen LogP contribution in [0.4, 0.5) is 10.2 Å². The smallest absolute Gasteiger partial charge is 0.192 e. The first kappa shape index (κ1) is 29.6. The maximum absolute atomic E-state index is 15.2. The second-order valence-corrected chi connectivity index (χ2v) is 16.8. The number of hydrogen-bond acceptors (Lipinski definition) is 8. The Hall–Kier alpha value is -2.37. The van der Waals surface area contributed by atoms with E-state index in [1.165, 1.54) is 13.2 Å². The predicted molar refractivity (Wildman–Crippen MR) is 156 cm³/mol. The van der Waals surface area contributed by atoms with Gasteiger partial charge < -0.3 is 19.2 Å². The fraction of sp³-hybridized carbons (Fsp3) is 0.536. The van der Waals surface area contributed by atoms with E-state index in [1.807, 2.05) is 6.07 Å². The van der Waals surface area contributed by atoms with Gasteiger partial charge in [-0.3, -0.25) is 9.88 Å². The first-order valence-corrected chi connectivity index (χ1v) is 16.6. The Morgan fingerprint density at radius 3 is 2.74 bits per heavy atom. The second kappa shape index (κ2) is 12.4. The van der Waals surface area contributed by atoms with Gasteiger partial charge in [0.1, 0.15) is 17.3 Å². The molecule has 0 radical (unpaired) electrons. The number of pyridine rings is 1. The Kier molecular flexibility index (Phi) is 9.43. The minimum Gasteiger partial charge on any atom is -0.467 e. The molecule has 2 aromatic heterocycles. The Balaban J connectivity index is 1.53. The van der Waals surface area contributed by atoms with Gasteiger partial charge in [0.2, 0.25) is 0 Å². The molecule has 0 amide bonds. The summed E-state index contributed by atoms with van der Waals surface area (Å²) in [5.74, 6) is 0.308. The highest BCUT2D eigenvalue weighted by Crippen LogP contribution is 2.39. The zero-order chi connectivity index (χ0) is 28.2. The summed E-state index contributed by atoms with van der Waals surface area (Å²) < 4.78 is 32.2. The number of piperidine rings is 1. The van der Waals surface area contributed by atoms with Crippen molar-refractivity contribution in [2.75, 3.05) is 45.5 Å². The first-order chi connectivity index (χ1) is 18.5. The zero-order valence-corrected chi connectivity index (χ0v) is 25.4. The highest BCUT2D eigenvalue weighted by Gasteiger charge is 2.37. The van der Waals surface area contributed by atoms with E-state index in [0.29, 0.717) is 16.9 Å². The summed E-state index contributed by atoms with van der Waals surface area (Å²) in [6.45, 7) is 14.9. The summed E-state index contributed by atoms with van der Waals surface area (Å²) in [7, 11) is -0.272. The number of fused-ring (bicyclic) bond motifs is 1. The zero-order valence-electron chi connectivity index (χ0n) is 23.7. The van der Waals surface area contributed by atoms with Gasteiger partial charge in [-0.15, -0.1) is 10.2 Å². The number of nitrogens with zero attached hydrogens (tertiary/aromatic N) is 4. The van der Waals surface area contributed by atoms with Crippen molar-refractivity contribution in [3.05, 3.63) is 41.4 Å². The van der Waals surface area contributed by atoms with Crippen molar-refractivity contribution in [2.24, 2.45) is 0 Å². The van der Waals surface area contributed by atoms with Crippen LogP contribution < -0.4 is 10.1 Å². The van der Waals surface area contributed by atoms with E-state index in [2.05, 4.69) is 59.3 Å². The molecular formula is C28H39ClFN5O3Si. The average molecular weight is 576 g/mol. The van der Waals surface area contributed by atoms with Crippen LogP contribution in [0.2, 0.25) is 23.2 Å². The molecule has 0 bridgehead atoms. The van der Waals surface area contributed by atoms with Gasteiger partial charge in [-0.05, 0) is 55.7 Å². The van der Waals surface area contributed by atoms with Crippen molar-refractivity contribution in [1.82, 2.24) is 20.1 Å². The Bertz CT molecular complexity index is 1290. The summed E-state index contributed by atoms with van der Waals surface area (Å²) in [6, 6.07) is 4.79. The lowest BCUT2D eigenvalue weighted by atomic mass is 10.0. The third-order valence-electron chi connectivity index (χ3n) is 7.69. The Morgan fingerprint density at radius 2 is 2.00 bits per heavy atom. The normalized spacial score (nSPS) is 17.0. The minimum atomic E-state index is -1.77. The van der Waals surface area contributed by atoms with Crippen LogP contribution >= 0.6 is 11.6 Å². The van der Waals surface area contributed by atoms with Gasteiger partial charge in [-0.25, -0.2) is 4.39 Å². The van der Waals surface area contributed by atoms with E-state index in [1.54, 1.807) is 18.5 Å². The predicted octanol–water partition coefficient (Wildman–Crippen LogP) is 6.37. The molecule has 1 aromatic carbocycles. The molecule has 8 nitrogen and oxygen atoms in total. The van der Waals surface area contributed by atoms with E-state index >= 15 is 4.39 Å². The number of rotatable bonds is 10. The summed E-state index contributed by atoms with van der Waals surface area (Å²) >= 11 is 6.10. The molecule has 11 heteroatoms. The highest BCUT2D eigenvalue weighted by molar-refractivity contribution is 6.74. The van der Waals surface area contributed by atoms with Crippen molar-refractivity contribution >= 4 is 36.5 Å². The van der Waals surface area contributed by atoms with Crippen LogP contribution in [-0.4, -0.2) is 74.6 Å². The number of hydrogen-bond donors (Lipinski definition) is 1. The Morgan fingerprint density at radius 1 is 1.21 bits per heavy atom. The summed E-state index contributed by atoms with van der Waals surface area (Å²) in [5.41, 5.74) is 0.531. The van der Waals surface area contributed by atoms with Crippen LogP contribution in [0.1, 0.15) is 33.6 Å². The molecule has 4 rings (SSSR count). The van der Waals surface area contributed by atoms with Crippen molar-refractivity contribution in [2.45, 2.75) is 57.8 Å². The average Bonchev–Trinajstić information content (AvgIpc) is 2.87. The molecular weight excluding hydrogens is 537 g/mol. The van der Waals surface area contributed by atoms with Crippen molar-refractivity contribution < 1.29 is 18.3 Å². The van der Waals surface area contributed by atoms with E-state index in [0.717, 1.165) is 44.5 Å². The lowest BCUT2D eigenvalue weighted by molar-refractivity contribution is 0.0513. The van der Waals surface area contributed by atoms with Crippen molar-refractivity contribution in [3.8, 4) is 17.0 Å². The minimum absolute atomic E-state index is 0.0571. The molecule has 1 aliphatic rings. The van der Waals surface area contributed by atoms with E-state index < -0.39 is 14.1 Å². The van der Waals surface area contributed by atoms with Gasteiger partial charge >= 0.3 is 0 Å². The van der Waals surface area contributed by atoms with E-state index in [-0.39, 0.29) is 34.2 Å². The van der Waals surface area contributed by atoms with Crippen LogP contribution in [0.15, 0.2) is 30.6 Å². The van der Waals surface area contributed by atoms with Crippen LogP contribution in [-0.2, 0) is 9.16 Å². The molecule has 1 aliphatic heterocycles. The highest BCUT2D eigenvalue weighted by atomic mass is 35.5. The largest absolute Gasteiger partial charge is 0.467 e. The monoisotopic (exact) mass is 575 g/mol. The fourth-order valence-electron chi connectivity index (χ4n) is 4.52. The number of methoxy groups -OCH3 is 1. The van der Waals surface area contributed by atoms with E-state index in [9.17, 15) is 0 Å². The molecule has 212 valence electrons. The van der Waals surface area contributed by atoms with Gasteiger partial charge in [0.15, 0.2) is 20.9 Å². The number of anilines is 1. The quantitative estimate of drug-likeness (QED) is 0.221. The molecule has 3 heterocycles. The third-order valence-corrected chi connectivity index (χ3v) is 12.4. The molecule has 0 spiro atoms. The van der Waals surface area contributed by atoms with Crippen LogP contribution in [0.3, 0.4) is 0 Å². The number of likely N-dealkylation sites (tertiary alicyclic amines) is 1. The standard InChI is InChI=1S/C28H39ClFN5O3Si/c1-28(2,3)39(5,6)38-13-12-35-11-7-8-20(17-35)32-27-22-16-31-10-9-21(22)26(33-34-27)25-23(30)14-19(29)15-24(25)37-18-36-4/h9-10,14-16,20H,7-8,11-13,17-18H2,1-6H3,(H,32,34)/t20-/m1/s1. The number of ether oxygens (including phenoxy) is 2. The van der Waals surface area contributed by atoms with Crippen LogP contribution in [0.5, 0.6) is 5.75 Å². The molecule has 0 unspecified atom stereocenters. The van der Waals surface area contributed by atoms with Gasteiger partial charge in [0.05, 0.1) is 5.56 Å². The van der Waals surface area contributed by atoms with Crippen LogP contribution in [0, 0.1) is 5.82 Å². The molecule has 1 fully saturated rings. The van der Waals surface area contributed by atoms with Crippen LogP contribution in [0.25, 0.3) is 22.0 Å². The third kappa shape index (κ3) is 7.04. The molecule has 1 atom stereocenters. The summed E-state index contributed by atoms with van der Waals surface area (Å²) in [6.07, 6.45) is 5.49. The van der Waals surface area contributed by atoms with Gasteiger partial charge in [-0.2, -0.15) is 0 Å². The summed E-state index contributed by atoms with van der Waals surface area (Å²) in [4.78, 5) is 6.75. The lowest BCUT2D eigenvalue weighted by Gasteiger charge is -2.38. The second-order valence-electron chi connectivity index (χ2n) is 11.5. The number of halogens is 2. The number of nitrogens with one attached hydrogen (secondary N) is 1. The fourth-order valence-corrected chi connectivity index (χ4v) is 5.75. The van der Waals surface area contributed by atoms with Crippen molar-refractivity contribution in [3.63, 3.8) is 0 Å². The molecule has 0 saturated carbocycles. The first-order valence-electron chi connectivity index (χ1n) is 13.3. The van der Waals surface area contributed by atoms with Crippen molar-refractivity contribution in [1.29, 1.82) is 0 Å². The SMILES string of the molecule is COCOc1cc(Cl)cc(F)c1-c1nnc(N[C@@H]2CCCN(CCO[Si](C)(C)C(C)(C)C)C2)c2cnccc12. The maximum Gasteiger partial charge on any atom is 0.192 e. The molecule has 0 aliphatic carbocycles. The lowest BCUT2D eigenvalue weighted by Crippen LogP contribution is -2.46. The van der Waals surface area contributed by atoms with E-state index in [4.69, 9.17) is 25.5 Å². The number of benzene rings is 1. The van der Waals surface area contributed by atoms with Gasteiger partial charge in [0, 0.05) is 61.0 Å². The maximum atomic E-state index is 15.2. The molecule has 1 saturated heterocycles. The van der Waals surface area contributed by atoms with Gasteiger partial charge in [0.25, 0.3) is 0 Å². The summed E-state index contributed by atoms with van der Waals surface area (Å²) in [5, 5.41) is 14.4.